The fraction of sp³-hybridized carbons (Fsp3) is 0.222. The molecule has 0 saturated carbocycles. The topological polar surface area (TPSA) is 55.1 Å². The lowest BCUT2D eigenvalue weighted by Gasteiger charge is -2.10. The molecule has 0 unspecified atom stereocenters. The standard InChI is InChI=1S/C9H9BrCl2N2O/c1-4(13)9(15)14-6-3-2-5(10)7(11)8(6)12/h2-4H,13H2,1H3,(H,14,15)/t4-/m0/s1. The zero-order chi connectivity index (χ0) is 11.6. The third kappa shape index (κ3) is 3.08. The predicted molar refractivity (Wildman–Crippen MR) is 66.4 cm³/mol. The Morgan fingerprint density at radius 1 is 1.47 bits per heavy atom. The van der Waals surface area contributed by atoms with Gasteiger partial charge in [0.2, 0.25) is 5.91 Å². The number of hydrogen-bond donors (Lipinski definition) is 2. The summed E-state index contributed by atoms with van der Waals surface area (Å²) >= 11 is 15.0. The van der Waals surface area contributed by atoms with Crippen molar-refractivity contribution in [1.29, 1.82) is 0 Å². The van der Waals surface area contributed by atoms with Crippen molar-refractivity contribution in [2.75, 3.05) is 5.32 Å². The molecule has 0 spiro atoms. The highest BCUT2D eigenvalue weighted by molar-refractivity contribution is 9.10. The predicted octanol–water partition coefficient (Wildman–Crippen LogP) is 3.04. The number of amides is 1. The Morgan fingerprint density at radius 3 is 2.60 bits per heavy atom. The molecule has 0 bridgehead atoms. The number of halogens is 3. The molecular formula is C9H9BrCl2N2O. The number of rotatable bonds is 2. The SMILES string of the molecule is C[C@H](N)C(=O)Nc1ccc(Br)c(Cl)c1Cl. The fourth-order valence-electron chi connectivity index (χ4n) is 0.869. The summed E-state index contributed by atoms with van der Waals surface area (Å²) in [5.74, 6) is -0.310. The quantitative estimate of drug-likeness (QED) is 0.825. The van der Waals surface area contributed by atoms with Gasteiger partial charge in [-0.25, -0.2) is 0 Å². The smallest absolute Gasteiger partial charge is 0.241 e. The molecule has 1 rings (SSSR count). The van der Waals surface area contributed by atoms with Gasteiger partial charge in [0, 0.05) is 4.47 Å². The molecule has 1 aromatic rings. The molecule has 82 valence electrons. The summed E-state index contributed by atoms with van der Waals surface area (Å²) < 4.78 is 0.674. The fourth-order valence-corrected chi connectivity index (χ4v) is 1.69. The molecule has 1 amide bonds. The third-order valence-corrected chi connectivity index (χ3v) is 3.48. The monoisotopic (exact) mass is 310 g/mol. The van der Waals surface area contributed by atoms with E-state index in [0.717, 1.165) is 0 Å². The number of carbonyl (C=O) groups is 1. The molecule has 3 nitrogen and oxygen atoms in total. The van der Waals surface area contributed by atoms with Crippen LogP contribution in [0.25, 0.3) is 0 Å². The van der Waals surface area contributed by atoms with Crippen molar-refractivity contribution in [3.63, 3.8) is 0 Å². The maximum absolute atomic E-state index is 11.3. The summed E-state index contributed by atoms with van der Waals surface area (Å²) in [6, 6.07) is 2.76. The first-order valence-corrected chi connectivity index (χ1v) is 5.68. The van der Waals surface area contributed by atoms with Crippen LogP contribution in [0.4, 0.5) is 5.69 Å². The molecule has 0 aliphatic rings. The third-order valence-electron chi connectivity index (χ3n) is 1.71. The van der Waals surface area contributed by atoms with Gasteiger partial charge in [-0.15, -0.1) is 0 Å². The Kier molecular flexibility index (Phi) is 4.40. The molecular weight excluding hydrogens is 303 g/mol. The lowest BCUT2D eigenvalue weighted by atomic mass is 10.3. The highest BCUT2D eigenvalue weighted by Crippen LogP contribution is 2.35. The van der Waals surface area contributed by atoms with E-state index in [1.54, 1.807) is 19.1 Å². The van der Waals surface area contributed by atoms with Crippen molar-refractivity contribution >= 4 is 50.7 Å². The number of hydrogen-bond acceptors (Lipinski definition) is 2. The van der Waals surface area contributed by atoms with Crippen LogP contribution in [-0.4, -0.2) is 11.9 Å². The average molecular weight is 312 g/mol. The van der Waals surface area contributed by atoms with Crippen LogP contribution in [0.1, 0.15) is 6.92 Å². The van der Waals surface area contributed by atoms with Crippen molar-refractivity contribution in [3.05, 3.63) is 26.7 Å². The second-order valence-corrected chi connectivity index (χ2v) is 4.61. The minimum absolute atomic E-state index is 0.292. The molecule has 0 fully saturated rings. The van der Waals surface area contributed by atoms with E-state index in [-0.39, 0.29) is 5.91 Å². The molecule has 0 heterocycles. The largest absolute Gasteiger partial charge is 0.323 e. The van der Waals surface area contributed by atoms with E-state index in [2.05, 4.69) is 21.2 Å². The van der Waals surface area contributed by atoms with Crippen molar-refractivity contribution in [2.24, 2.45) is 5.73 Å². The van der Waals surface area contributed by atoms with Crippen LogP contribution in [0.5, 0.6) is 0 Å². The van der Waals surface area contributed by atoms with Crippen molar-refractivity contribution < 1.29 is 4.79 Å². The highest BCUT2D eigenvalue weighted by atomic mass is 79.9. The van der Waals surface area contributed by atoms with Gasteiger partial charge in [0.05, 0.1) is 21.8 Å². The van der Waals surface area contributed by atoms with Gasteiger partial charge in [-0.1, -0.05) is 23.2 Å². The van der Waals surface area contributed by atoms with Gasteiger partial charge in [0.25, 0.3) is 0 Å². The zero-order valence-corrected chi connectivity index (χ0v) is 10.9. The number of nitrogens with two attached hydrogens (primary N) is 1. The van der Waals surface area contributed by atoms with Crippen LogP contribution in [0.3, 0.4) is 0 Å². The van der Waals surface area contributed by atoms with Crippen LogP contribution in [0.2, 0.25) is 10.0 Å². The Morgan fingerprint density at radius 2 is 2.07 bits per heavy atom. The molecule has 0 aliphatic carbocycles. The first-order chi connectivity index (χ1) is 6.93. The number of benzene rings is 1. The minimum atomic E-state index is -0.594. The molecule has 6 heteroatoms. The Labute approximate surface area is 106 Å². The molecule has 1 aromatic carbocycles. The van der Waals surface area contributed by atoms with Crippen LogP contribution < -0.4 is 11.1 Å². The minimum Gasteiger partial charge on any atom is -0.323 e. The average Bonchev–Trinajstić information content (AvgIpc) is 2.18. The normalized spacial score (nSPS) is 12.3. The molecule has 1 atom stereocenters. The first kappa shape index (κ1) is 12.8. The van der Waals surface area contributed by atoms with Gasteiger partial charge in [-0.3, -0.25) is 4.79 Å². The van der Waals surface area contributed by atoms with Gasteiger partial charge >= 0.3 is 0 Å². The first-order valence-electron chi connectivity index (χ1n) is 4.13. The van der Waals surface area contributed by atoms with Crippen LogP contribution in [0, 0.1) is 0 Å². The summed E-state index contributed by atoms with van der Waals surface area (Å²) in [5, 5.41) is 3.23. The van der Waals surface area contributed by atoms with E-state index < -0.39 is 6.04 Å². The summed E-state index contributed by atoms with van der Waals surface area (Å²) in [7, 11) is 0. The molecule has 0 aromatic heterocycles. The van der Waals surface area contributed by atoms with Crippen LogP contribution in [0.15, 0.2) is 16.6 Å². The lowest BCUT2D eigenvalue weighted by molar-refractivity contribution is -0.117. The van der Waals surface area contributed by atoms with Gasteiger partial charge in [0.1, 0.15) is 0 Å². The van der Waals surface area contributed by atoms with E-state index in [4.69, 9.17) is 28.9 Å². The molecule has 0 saturated heterocycles. The summed E-state index contributed by atoms with van der Waals surface area (Å²) in [4.78, 5) is 11.3. The van der Waals surface area contributed by atoms with Crippen molar-refractivity contribution in [2.45, 2.75) is 13.0 Å². The summed E-state index contributed by atoms with van der Waals surface area (Å²) in [5.41, 5.74) is 5.86. The number of anilines is 1. The van der Waals surface area contributed by atoms with E-state index in [1.807, 2.05) is 0 Å². The Balaban J connectivity index is 2.97. The van der Waals surface area contributed by atoms with Crippen molar-refractivity contribution in [3.8, 4) is 0 Å². The summed E-state index contributed by atoms with van der Waals surface area (Å²) in [6.45, 7) is 1.59. The van der Waals surface area contributed by atoms with Gasteiger partial charge in [-0.2, -0.15) is 0 Å². The molecule has 15 heavy (non-hydrogen) atoms. The second kappa shape index (κ2) is 5.16. The van der Waals surface area contributed by atoms with Gasteiger partial charge < -0.3 is 11.1 Å². The van der Waals surface area contributed by atoms with Gasteiger partial charge in [-0.05, 0) is 35.0 Å². The van der Waals surface area contributed by atoms with Crippen LogP contribution >= 0.6 is 39.1 Å². The highest BCUT2D eigenvalue weighted by Gasteiger charge is 2.12. The maximum Gasteiger partial charge on any atom is 0.241 e. The van der Waals surface area contributed by atoms with E-state index in [0.29, 0.717) is 20.2 Å². The lowest BCUT2D eigenvalue weighted by Crippen LogP contribution is -2.32. The number of nitrogens with one attached hydrogen (secondary N) is 1. The van der Waals surface area contributed by atoms with Gasteiger partial charge in [0.15, 0.2) is 0 Å². The maximum atomic E-state index is 11.3. The molecule has 0 radical (unpaired) electrons. The number of carbonyl (C=O) groups excluding carboxylic acids is 1. The Bertz CT molecular complexity index is 396. The van der Waals surface area contributed by atoms with E-state index in [1.165, 1.54) is 0 Å². The second-order valence-electron chi connectivity index (χ2n) is 3.00. The molecule has 3 N–H and O–H groups in total. The van der Waals surface area contributed by atoms with Crippen molar-refractivity contribution in [1.82, 2.24) is 0 Å². The molecule has 0 aliphatic heterocycles. The summed E-state index contributed by atoms with van der Waals surface area (Å²) in [6.07, 6.45) is 0. The zero-order valence-electron chi connectivity index (χ0n) is 7.85. The van der Waals surface area contributed by atoms with E-state index >= 15 is 0 Å². The van der Waals surface area contributed by atoms with E-state index in [9.17, 15) is 4.79 Å². The Hall–Kier alpha value is -0.290. The van der Waals surface area contributed by atoms with Crippen LogP contribution in [-0.2, 0) is 4.79 Å².